The number of carbonyl (C=O) groups excluding carboxylic acids is 3. The van der Waals surface area contributed by atoms with Crippen molar-refractivity contribution in [3.63, 3.8) is 0 Å². The minimum atomic E-state index is -0.988. The van der Waals surface area contributed by atoms with Gasteiger partial charge in [0.15, 0.2) is 0 Å². The average Bonchev–Trinajstić information content (AvgIpc) is 2.04. The van der Waals surface area contributed by atoms with Gasteiger partial charge in [-0.2, -0.15) is 4.83 Å². The fourth-order valence-corrected chi connectivity index (χ4v) is 0.932. The molecule has 10 heavy (non-hydrogen) atoms. The molecule has 2 N–H and O–H groups in total. The fourth-order valence-electron chi connectivity index (χ4n) is 0.433. The highest BCUT2D eigenvalue weighted by Gasteiger charge is 2.24. The predicted molar refractivity (Wildman–Crippen MR) is 33.8 cm³/mol. The molecule has 0 aromatic heterocycles. The highest BCUT2D eigenvalue weighted by Crippen LogP contribution is 1.96. The highest BCUT2D eigenvalue weighted by atomic mass is 32.2. The van der Waals surface area contributed by atoms with Gasteiger partial charge in [-0.3, -0.25) is 19.8 Å². The summed E-state index contributed by atoms with van der Waals surface area (Å²) in [5.74, 6) is -2.56. The maximum Gasteiger partial charge on any atom is 0.310 e. The smallest absolute Gasteiger partial charge is 0.289 e. The van der Waals surface area contributed by atoms with Gasteiger partial charge in [0.05, 0.1) is 5.75 Å². The van der Waals surface area contributed by atoms with Crippen LogP contribution >= 0.6 is 11.9 Å². The lowest BCUT2D eigenvalue weighted by Gasteiger charge is -1.94. The lowest BCUT2D eigenvalue weighted by atomic mass is 10.3. The second-order valence-electron chi connectivity index (χ2n) is 1.60. The van der Waals surface area contributed by atoms with E-state index in [2.05, 4.69) is 4.83 Å². The molecule has 0 radical (unpaired) electrons. The zero-order valence-corrected chi connectivity index (χ0v) is 5.66. The first-order chi connectivity index (χ1) is 4.72. The van der Waals surface area contributed by atoms with Gasteiger partial charge in [0.2, 0.25) is 5.78 Å². The van der Waals surface area contributed by atoms with Gasteiger partial charge in [-0.15, -0.1) is 0 Å². The molecule has 1 aliphatic rings. The SMILES string of the molecule is O=C1CSNNC(=O)C1=O. The molecule has 1 rings (SSSR count). The molecule has 1 amide bonds. The summed E-state index contributed by atoms with van der Waals surface area (Å²) >= 11 is 0.979. The number of nitrogens with one attached hydrogen (secondary N) is 2. The molecular formula is C4H4N2O3S. The van der Waals surface area contributed by atoms with E-state index in [0.717, 1.165) is 11.9 Å². The van der Waals surface area contributed by atoms with Crippen molar-refractivity contribution < 1.29 is 14.4 Å². The molecule has 1 fully saturated rings. The molecule has 0 aromatic carbocycles. The molecule has 0 atom stereocenters. The number of carbonyl (C=O) groups is 3. The zero-order chi connectivity index (χ0) is 7.56. The van der Waals surface area contributed by atoms with E-state index >= 15 is 0 Å². The molecule has 1 aliphatic heterocycles. The minimum Gasteiger partial charge on any atom is -0.289 e. The Labute approximate surface area is 60.6 Å². The van der Waals surface area contributed by atoms with Gasteiger partial charge in [0.1, 0.15) is 0 Å². The van der Waals surface area contributed by atoms with Gasteiger partial charge < -0.3 is 0 Å². The van der Waals surface area contributed by atoms with Crippen LogP contribution in [0.1, 0.15) is 0 Å². The van der Waals surface area contributed by atoms with Crippen LogP contribution in [-0.4, -0.2) is 23.2 Å². The maximum absolute atomic E-state index is 10.6. The van der Waals surface area contributed by atoms with Crippen LogP contribution in [0.4, 0.5) is 0 Å². The van der Waals surface area contributed by atoms with Crippen LogP contribution in [0.25, 0.3) is 0 Å². The van der Waals surface area contributed by atoms with Crippen molar-refractivity contribution in [2.75, 3.05) is 5.75 Å². The monoisotopic (exact) mass is 160 g/mol. The van der Waals surface area contributed by atoms with E-state index in [4.69, 9.17) is 0 Å². The first-order valence-electron chi connectivity index (χ1n) is 2.46. The number of hydrazine groups is 1. The van der Waals surface area contributed by atoms with E-state index in [1.54, 1.807) is 0 Å². The van der Waals surface area contributed by atoms with E-state index in [0.29, 0.717) is 0 Å². The summed E-state index contributed by atoms with van der Waals surface area (Å²) in [5.41, 5.74) is 2.03. The summed E-state index contributed by atoms with van der Waals surface area (Å²) in [5, 5.41) is 0. The summed E-state index contributed by atoms with van der Waals surface area (Å²) < 4.78 is 0. The molecule has 54 valence electrons. The third-order valence-corrected chi connectivity index (χ3v) is 1.55. The summed E-state index contributed by atoms with van der Waals surface area (Å²) in [6, 6.07) is 0. The van der Waals surface area contributed by atoms with Crippen LogP contribution in [-0.2, 0) is 14.4 Å². The van der Waals surface area contributed by atoms with Gasteiger partial charge in [-0.25, -0.2) is 0 Å². The summed E-state index contributed by atoms with van der Waals surface area (Å²) in [7, 11) is 0. The van der Waals surface area contributed by atoms with Gasteiger partial charge in [-0.05, 0) is 0 Å². The van der Waals surface area contributed by atoms with Crippen molar-refractivity contribution in [3.8, 4) is 0 Å². The molecule has 0 spiro atoms. The Morgan fingerprint density at radius 2 is 2.00 bits per heavy atom. The van der Waals surface area contributed by atoms with Gasteiger partial charge in [-0.1, -0.05) is 11.9 Å². The van der Waals surface area contributed by atoms with Gasteiger partial charge >= 0.3 is 5.91 Å². The Morgan fingerprint density at radius 1 is 1.30 bits per heavy atom. The fraction of sp³-hybridized carbons (Fsp3) is 0.250. The van der Waals surface area contributed by atoms with Crippen LogP contribution in [0, 0.1) is 0 Å². The number of ketones is 2. The molecule has 6 heteroatoms. The molecule has 1 heterocycles. The Hall–Kier alpha value is -0.880. The van der Waals surface area contributed by atoms with Crippen LogP contribution < -0.4 is 10.3 Å². The van der Waals surface area contributed by atoms with Gasteiger partial charge in [0, 0.05) is 0 Å². The first kappa shape index (κ1) is 7.23. The second-order valence-corrected chi connectivity index (χ2v) is 2.38. The van der Waals surface area contributed by atoms with E-state index in [-0.39, 0.29) is 5.75 Å². The average molecular weight is 160 g/mol. The molecular weight excluding hydrogens is 156 g/mol. The molecule has 0 saturated carbocycles. The Kier molecular flexibility index (Phi) is 2.03. The Balaban J connectivity index is 2.74. The number of Topliss-reactive ketones (excluding diaryl/α,β-unsaturated/α-hetero) is 2. The lowest BCUT2D eigenvalue weighted by molar-refractivity contribution is -0.143. The third kappa shape index (κ3) is 1.34. The van der Waals surface area contributed by atoms with E-state index in [1.807, 2.05) is 5.43 Å². The van der Waals surface area contributed by atoms with Crippen molar-refractivity contribution in [2.24, 2.45) is 0 Å². The molecule has 0 aliphatic carbocycles. The number of amides is 1. The Bertz CT molecular complexity index is 183. The van der Waals surface area contributed by atoms with Crippen LogP contribution in [0.2, 0.25) is 0 Å². The summed E-state index contributed by atoms with van der Waals surface area (Å²) in [6.45, 7) is 0. The minimum absolute atomic E-state index is 0.00241. The standard InChI is InChI=1S/C4H4N2O3S/c7-2-1-10-6-5-4(9)3(2)8/h6H,1H2,(H,5,9). The van der Waals surface area contributed by atoms with Crippen molar-refractivity contribution in [1.82, 2.24) is 10.3 Å². The number of hydrogen-bond acceptors (Lipinski definition) is 5. The number of hydrogen-bond donors (Lipinski definition) is 2. The topological polar surface area (TPSA) is 75.3 Å². The summed E-state index contributed by atoms with van der Waals surface area (Å²) in [4.78, 5) is 33.9. The molecule has 5 nitrogen and oxygen atoms in total. The quantitative estimate of drug-likeness (QED) is 0.330. The van der Waals surface area contributed by atoms with E-state index < -0.39 is 17.5 Å². The van der Waals surface area contributed by atoms with Gasteiger partial charge in [0.25, 0.3) is 5.78 Å². The van der Waals surface area contributed by atoms with Crippen molar-refractivity contribution >= 4 is 29.4 Å². The zero-order valence-electron chi connectivity index (χ0n) is 4.84. The molecule has 1 saturated heterocycles. The largest absolute Gasteiger partial charge is 0.310 e. The van der Waals surface area contributed by atoms with Crippen molar-refractivity contribution in [2.45, 2.75) is 0 Å². The normalized spacial score (nSPS) is 20.2. The number of rotatable bonds is 0. The van der Waals surface area contributed by atoms with E-state index in [9.17, 15) is 14.4 Å². The Morgan fingerprint density at radius 3 is 2.70 bits per heavy atom. The maximum atomic E-state index is 10.6. The van der Waals surface area contributed by atoms with Crippen LogP contribution in [0.3, 0.4) is 0 Å². The van der Waals surface area contributed by atoms with Crippen molar-refractivity contribution in [1.29, 1.82) is 0 Å². The van der Waals surface area contributed by atoms with Crippen molar-refractivity contribution in [3.05, 3.63) is 0 Å². The highest BCUT2D eigenvalue weighted by molar-refractivity contribution is 7.98. The van der Waals surface area contributed by atoms with Crippen LogP contribution in [0.5, 0.6) is 0 Å². The van der Waals surface area contributed by atoms with E-state index in [1.165, 1.54) is 0 Å². The molecule has 0 bridgehead atoms. The lowest BCUT2D eigenvalue weighted by Crippen LogP contribution is -2.37. The second kappa shape index (κ2) is 2.80. The predicted octanol–water partition coefficient (Wildman–Crippen LogP) is -1.59. The molecule has 0 unspecified atom stereocenters. The first-order valence-corrected chi connectivity index (χ1v) is 3.44. The third-order valence-electron chi connectivity index (χ3n) is 0.899. The summed E-state index contributed by atoms with van der Waals surface area (Å²) in [6.07, 6.45) is 0. The molecule has 0 aromatic rings. The van der Waals surface area contributed by atoms with Crippen LogP contribution in [0.15, 0.2) is 0 Å².